The van der Waals surface area contributed by atoms with E-state index in [9.17, 15) is 0 Å². The molecule has 5 heterocycles. The number of hydrogen-bond donors (Lipinski definition) is 0. The Balaban J connectivity index is 0.000000188. The van der Waals surface area contributed by atoms with Gasteiger partial charge in [0.25, 0.3) is 0 Å². The minimum absolute atomic E-state index is 0. The first-order valence-corrected chi connectivity index (χ1v) is 12.9. The van der Waals surface area contributed by atoms with Gasteiger partial charge in [0.05, 0.1) is 5.58 Å². The van der Waals surface area contributed by atoms with E-state index in [-0.39, 0.29) is 32.1 Å². The Hall–Kier alpha value is -4.38. The predicted octanol–water partition coefficient (Wildman–Crippen LogP) is 7.67. The van der Waals surface area contributed by atoms with Crippen LogP contribution in [0.4, 0.5) is 0 Å². The standard InChI is InChI=1S/C23H15N2O2.C11H8N.Ir/c1-13-9-10-16-15-6-4-7-17(22(15)27-23(16)25-13)19-11-21-18(12-24-19)14-5-2-3-8-20(14)26-21;1-2-6-10(7-3-1)11-8-4-5-9-12-11;/h2-6,8-12,14,20H,1H3;1-6,8-9H;/q2*-1;. The van der Waals surface area contributed by atoms with Crippen molar-refractivity contribution >= 4 is 22.1 Å². The minimum Gasteiger partial charge on any atom is -0.486 e. The Morgan fingerprint density at radius 1 is 0.825 bits per heavy atom. The number of rotatable bonds is 2. The van der Waals surface area contributed by atoms with E-state index in [1.165, 1.54) is 0 Å². The SMILES string of the molecule is Cc1ccc2c(n1)oc1c(-c3cc4c(cn3)C3C=CC=CC3O4)[c-]ccc12.[Ir].[c-]1ccccc1-c1ccccn1. The van der Waals surface area contributed by atoms with Gasteiger partial charge in [0.2, 0.25) is 5.71 Å². The van der Waals surface area contributed by atoms with Crippen molar-refractivity contribution in [2.45, 2.75) is 18.9 Å². The van der Waals surface area contributed by atoms with Crippen LogP contribution in [0.2, 0.25) is 0 Å². The zero-order valence-corrected chi connectivity index (χ0v) is 23.9. The molecule has 0 spiro atoms. The first-order valence-electron chi connectivity index (χ1n) is 12.9. The zero-order valence-electron chi connectivity index (χ0n) is 21.5. The third-order valence-corrected chi connectivity index (χ3v) is 6.95. The number of aromatic nitrogens is 3. The van der Waals surface area contributed by atoms with E-state index in [4.69, 9.17) is 14.1 Å². The number of nitrogens with zero attached hydrogens (tertiary/aromatic N) is 3. The van der Waals surface area contributed by atoms with E-state index in [0.29, 0.717) is 5.71 Å². The Bertz CT molecular complexity index is 1830. The molecule has 1 aliphatic carbocycles. The number of pyridine rings is 3. The molecule has 197 valence electrons. The first kappa shape index (κ1) is 25.9. The van der Waals surface area contributed by atoms with Crippen LogP contribution < -0.4 is 4.74 Å². The van der Waals surface area contributed by atoms with Crippen molar-refractivity contribution in [2.75, 3.05) is 0 Å². The summed E-state index contributed by atoms with van der Waals surface area (Å²) in [6.45, 7) is 1.96. The average Bonchev–Trinajstić information content (AvgIpc) is 3.55. The number of fused-ring (bicyclic) bond motifs is 6. The molecule has 2 aromatic carbocycles. The van der Waals surface area contributed by atoms with Gasteiger partial charge in [-0.3, -0.25) is 0 Å². The number of furan rings is 1. The van der Waals surface area contributed by atoms with E-state index < -0.39 is 0 Å². The van der Waals surface area contributed by atoms with Gasteiger partial charge in [-0.05, 0) is 48.7 Å². The average molecular weight is 698 g/mol. The molecule has 6 aromatic rings. The van der Waals surface area contributed by atoms with Crippen molar-refractivity contribution < 1.29 is 29.3 Å². The summed E-state index contributed by atoms with van der Waals surface area (Å²) in [5, 5.41) is 2.03. The molecule has 0 saturated carbocycles. The Labute approximate surface area is 245 Å². The number of aryl methyl sites for hydroxylation is 1. The van der Waals surface area contributed by atoms with E-state index in [2.05, 4.69) is 46.4 Å². The van der Waals surface area contributed by atoms with Gasteiger partial charge in [0.15, 0.2) is 0 Å². The Kier molecular flexibility index (Phi) is 7.12. The van der Waals surface area contributed by atoms with Gasteiger partial charge in [-0.1, -0.05) is 41.3 Å². The monoisotopic (exact) mass is 698 g/mol. The Morgan fingerprint density at radius 2 is 1.73 bits per heavy atom. The van der Waals surface area contributed by atoms with Crippen molar-refractivity contribution in [3.8, 4) is 28.3 Å². The van der Waals surface area contributed by atoms with Crippen LogP contribution in [0.25, 0.3) is 44.6 Å². The summed E-state index contributed by atoms with van der Waals surface area (Å²) in [5.74, 6) is 1.12. The molecule has 0 fully saturated rings. The quantitative estimate of drug-likeness (QED) is 0.174. The van der Waals surface area contributed by atoms with Crippen LogP contribution in [0, 0.1) is 19.1 Å². The number of benzene rings is 2. The second-order valence-electron chi connectivity index (χ2n) is 9.48. The summed E-state index contributed by atoms with van der Waals surface area (Å²) in [6, 6.07) is 30.1. The van der Waals surface area contributed by atoms with Gasteiger partial charge in [0.1, 0.15) is 11.9 Å². The molecule has 40 heavy (non-hydrogen) atoms. The van der Waals surface area contributed by atoms with Gasteiger partial charge in [-0.2, -0.15) is 0 Å². The summed E-state index contributed by atoms with van der Waals surface area (Å²) in [7, 11) is 0. The van der Waals surface area contributed by atoms with E-state index in [1.54, 1.807) is 6.20 Å². The van der Waals surface area contributed by atoms with Crippen LogP contribution in [-0.4, -0.2) is 21.1 Å². The third-order valence-electron chi connectivity index (χ3n) is 6.95. The summed E-state index contributed by atoms with van der Waals surface area (Å²) < 4.78 is 12.2. The largest absolute Gasteiger partial charge is 0.486 e. The van der Waals surface area contributed by atoms with Crippen LogP contribution in [0.3, 0.4) is 0 Å². The number of ether oxygens (including phenoxy) is 1. The summed E-state index contributed by atoms with van der Waals surface area (Å²) in [4.78, 5) is 13.4. The first-order chi connectivity index (χ1) is 19.2. The van der Waals surface area contributed by atoms with Crippen molar-refractivity contribution in [3.63, 3.8) is 0 Å². The number of allylic oxidation sites excluding steroid dienone is 2. The van der Waals surface area contributed by atoms with Crippen molar-refractivity contribution in [2.24, 2.45) is 0 Å². The van der Waals surface area contributed by atoms with Crippen LogP contribution in [0.15, 0.2) is 114 Å². The molecule has 0 N–H and O–H groups in total. The van der Waals surface area contributed by atoms with Crippen LogP contribution in [-0.2, 0) is 20.1 Å². The molecule has 5 nitrogen and oxygen atoms in total. The molecule has 0 bridgehead atoms. The molecule has 6 heteroatoms. The maximum absolute atomic E-state index is 6.12. The molecule has 0 amide bonds. The molecule has 0 saturated heterocycles. The van der Waals surface area contributed by atoms with Gasteiger partial charge < -0.3 is 19.1 Å². The van der Waals surface area contributed by atoms with Crippen molar-refractivity contribution in [1.29, 1.82) is 0 Å². The zero-order chi connectivity index (χ0) is 26.2. The molecule has 2 aliphatic rings. The van der Waals surface area contributed by atoms with Gasteiger partial charge in [-0.15, -0.1) is 54.1 Å². The molecular formula is C34H23IrN3O2-2. The predicted molar refractivity (Wildman–Crippen MR) is 152 cm³/mol. The summed E-state index contributed by atoms with van der Waals surface area (Å²) in [5.41, 5.74) is 7.09. The fraction of sp³-hybridized carbons (Fsp3) is 0.0882. The molecule has 4 aromatic heterocycles. The van der Waals surface area contributed by atoms with Crippen molar-refractivity contribution in [1.82, 2.24) is 15.0 Å². The molecule has 1 aliphatic heterocycles. The molecule has 2 atom stereocenters. The smallest absolute Gasteiger partial charge is 0.216 e. The fourth-order valence-electron chi connectivity index (χ4n) is 5.04. The molecule has 1 radical (unpaired) electrons. The van der Waals surface area contributed by atoms with Crippen LogP contribution in [0.5, 0.6) is 5.75 Å². The van der Waals surface area contributed by atoms with E-state index in [0.717, 1.165) is 55.9 Å². The molecular weight excluding hydrogens is 675 g/mol. The minimum atomic E-state index is 0. The van der Waals surface area contributed by atoms with E-state index in [1.807, 2.05) is 85.9 Å². The second-order valence-corrected chi connectivity index (χ2v) is 9.48. The topological polar surface area (TPSA) is 61.0 Å². The van der Waals surface area contributed by atoms with Gasteiger partial charge in [0, 0.05) is 55.1 Å². The van der Waals surface area contributed by atoms with Gasteiger partial charge in [-0.25, -0.2) is 4.98 Å². The maximum atomic E-state index is 6.12. The molecule has 2 unspecified atom stereocenters. The fourth-order valence-corrected chi connectivity index (χ4v) is 5.04. The molecule has 8 rings (SSSR count). The third kappa shape index (κ3) is 4.77. The van der Waals surface area contributed by atoms with Crippen LogP contribution >= 0.6 is 0 Å². The van der Waals surface area contributed by atoms with Crippen LogP contribution in [0.1, 0.15) is 17.2 Å². The normalized spacial score (nSPS) is 16.4. The van der Waals surface area contributed by atoms with Gasteiger partial charge >= 0.3 is 0 Å². The maximum Gasteiger partial charge on any atom is 0.216 e. The second kappa shape index (κ2) is 11.0. The number of hydrogen-bond acceptors (Lipinski definition) is 5. The summed E-state index contributed by atoms with van der Waals surface area (Å²) in [6.07, 6.45) is 12.1. The van der Waals surface area contributed by atoms with E-state index >= 15 is 0 Å². The summed E-state index contributed by atoms with van der Waals surface area (Å²) >= 11 is 0. The Morgan fingerprint density at radius 3 is 2.58 bits per heavy atom. The van der Waals surface area contributed by atoms with Crippen molar-refractivity contribution in [3.05, 3.63) is 133 Å².